The van der Waals surface area contributed by atoms with E-state index >= 15 is 0 Å². The first-order valence-corrected chi connectivity index (χ1v) is 4.32. The number of carbonyl (C=O) groups is 1. The Kier molecular flexibility index (Phi) is 3.05. The van der Waals surface area contributed by atoms with Gasteiger partial charge in [0, 0.05) is 6.04 Å². The second-order valence-electron chi connectivity index (χ2n) is 3.51. The summed E-state index contributed by atoms with van der Waals surface area (Å²) in [4.78, 5) is 13.1. The largest absolute Gasteiger partial charge is 0.368 e. The Balaban J connectivity index is 2.60. The quantitative estimate of drug-likeness (QED) is 0.569. The molecule has 0 saturated carbocycles. The molecule has 0 aromatic rings. The third kappa shape index (κ3) is 1.95. The molecule has 1 saturated heterocycles. The number of rotatable bonds is 2. The number of hydrogen-bond acceptors (Lipinski definition) is 3. The average molecular weight is 171 g/mol. The molecular weight excluding hydrogens is 154 g/mol. The molecule has 1 aliphatic rings. The van der Waals surface area contributed by atoms with E-state index in [4.69, 9.17) is 5.73 Å². The highest BCUT2D eigenvalue weighted by Gasteiger charge is 2.30. The number of amides is 1. The van der Waals surface area contributed by atoms with Gasteiger partial charge >= 0.3 is 0 Å². The monoisotopic (exact) mass is 171 g/mol. The average Bonchev–Trinajstić information content (AvgIpc) is 2.04. The lowest BCUT2D eigenvalue weighted by Gasteiger charge is -2.34. The second-order valence-corrected chi connectivity index (χ2v) is 3.51. The number of piperidine rings is 1. The summed E-state index contributed by atoms with van der Waals surface area (Å²) < 4.78 is 0. The van der Waals surface area contributed by atoms with E-state index in [1.165, 1.54) is 0 Å². The first-order valence-electron chi connectivity index (χ1n) is 4.32. The van der Waals surface area contributed by atoms with Crippen molar-refractivity contribution in [3.05, 3.63) is 0 Å². The first-order chi connectivity index (χ1) is 5.63. The van der Waals surface area contributed by atoms with Crippen LogP contribution >= 0.6 is 0 Å². The van der Waals surface area contributed by atoms with Gasteiger partial charge in [0.15, 0.2) is 0 Å². The van der Waals surface area contributed by atoms with Gasteiger partial charge in [-0.15, -0.1) is 0 Å². The van der Waals surface area contributed by atoms with E-state index < -0.39 is 0 Å². The van der Waals surface area contributed by atoms with E-state index in [1.807, 2.05) is 14.1 Å². The first kappa shape index (κ1) is 9.48. The summed E-state index contributed by atoms with van der Waals surface area (Å²) >= 11 is 0. The molecule has 3 N–H and O–H groups in total. The molecule has 0 radical (unpaired) electrons. The maximum absolute atomic E-state index is 11.0. The van der Waals surface area contributed by atoms with Crippen molar-refractivity contribution in [3.8, 4) is 0 Å². The van der Waals surface area contributed by atoms with Crippen LogP contribution in [0, 0.1) is 0 Å². The molecule has 4 nitrogen and oxygen atoms in total. The molecule has 1 heterocycles. The molecule has 70 valence electrons. The molecular formula is C8H17N3O. The minimum atomic E-state index is -0.242. The fourth-order valence-corrected chi connectivity index (χ4v) is 1.72. The molecule has 12 heavy (non-hydrogen) atoms. The highest BCUT2D eigenvalue weighted by molar-refractivity contribution is 5.80. The molecule has 2 atom stereocenters. The molecule has 1 amide bonds. The summed E-state index contributed by atoms with van der Waals surface area (Å²) in [6.07, 6.45) is 2.17. The lowest BCUT2D eigenvalue weighted by Crippen LogP contribution is -2.57. The minimum absolute atomic E-state index is 0.172. The van der Waals surface area contributed by atoms with Crippen molar-refractivity contribution >= 4 is 5.91 Å². The van der Waals surface area contributed by atoms with E-state index in [-0.39, 0.29) is 18.0 Å². The van der Waals surface area contributed by atoms with Crippen LogP contribution in [0.2, 0.25) is 0 Å². The normalized spacial score (nSPS) is 30.6. The van der Waals surface area contributed by atoms with Gasteiger partial charge in [-0.3, -0.25) is 4.79 Å². The molecule has 0 spiro atoms. The number of nitrogens with one attached hydrogen (secondary N) is 1. The number of primary amides is 1. The molecule has 4 heteroatoms. The Morgan fingerprint density at radius 2 is 2.25 bits per heavy atom. The van der Waals surface area contributed by atoms with Gasteiger partial charge in [0.25, 0.3) is 0 Å². The van der Waals surface area contributed by atoms with Crippen molar-refractivity contribution < 1.29 is 4.79 Å². The summed E-state index contributed by atoms with van der Waals surface area (Å²) in [6.45, 7) is 0.901. The third-order valence-electron chi connectivity index (χ3n) is 2.40. The standard InChI is InChI=1S/C8H17N3O/c1-11(2)6-4-3-5-10-7(6)8(9)12/h6-7,10H,3-5H2,1-2H3,(H2,9,12). The smallest absolute Gasteiger partial charge is 0.236 e. The van der Waals surface area contributed by atoms with Crippen molar-refractivity contribution in [2.75, 3.05) is 20.6 Å². The fourth-order valence-electron chi connectivity index (χ4n) is 1.72. The van der Waals surface area contributed by atoms with Crippen molar-refractivity contribution in [2.24, 2.45) is 5.73 Å². The second kappa shape index (κ2) is 3.87. The van der Waals surface area contributed by atoms with Gasteiger partial charge in [-0.2, -0.15) is 0 Å². The van der Waals surface area contributed by atoms with Crippen LogP contribution in [0.25, 0.3) is 0 Å². The zero-order valence-electron chi connectivity index (χ0n) is 7.71. The predicted octanol–water partition coefficient (Wildman–Crippen LogP) is -0.846. The highest BCUT2D eigenvalue weighted by atomic mass is 16.1. The Morgan fingerprint density at radius 1 is 1.58 bits per heavy atom. The van der Waals surface area contributed by atoms with Gasteiger partial charge in [0.1, 0.15) is 6.04 Å². The van der Waals surface area contributed by atoms with Crippen LogP contribution in [0.3, 0.4) is 0 Å². The van der Waals surface area contributed by atoms with Crippen LogP contribution in [-0.2, 0) is 4.79 Å². The number of nitrogens with zero attached hydrogens (tertiary/aromatic N) is 1. The summed E-state index contributed by atoms with van der Waals surface area (Å²) in [7, 11) is 3.96. The fraction of sp³-hybridized carbons (Fsp3) is 0.875. The Hall–Kier alpha value is -0.610. The number of hydrogen-bond donors (Lipinski definition) is 2. The Morgan fingerprint density at radius 3 is 2.67 bits per heavy atom. The maximum Gasteiger partial charge on any atom is 0.236 e. The van der Waals surface area contributed by atoms with Crippen molar-refractivity contribution in [3.63, 3.8) is 0 Å². The summed E-state index contributed by atoms with van der Waals surface area (Å²) in [5.41, 5.74) is 5.27. The summed E-state index contributed by atoms with van der Waals surface area (Å²) in [6, 6.07) is 0.0880. The lowest BCUT2D eigenvalue weighted by atomic mass is 9.97. The van der Waals surface area contributed by atoms with Gasteiger partial charge in [-0.05, 0) is 33.5 Å². The van der Waals surface area contributed by atoms with Crippen LogP contribution < -0.4 is 11.1 Å². The zero-order valence-corrected chi connectivity index (χ0v) is 7.71. The number of carbonyl (C=O) groups excluding carboxylic acids is 1. The third-order valence-corrected chi connectivity index (χ3v) is 2.40. The molecule has 2 unspecified atom stereocenters. The van der Waals surface area contributed by atoms with E-state index in [0.29, 0.717) is 0 Å². The van der Waals surface area contributed by atoms with Gasteiger partial charge in [-0.1, -0.05) is 0 Å². The van der Waals surface area contributed by atoms with Crippen LogP contribution in [0.5, 0.6) is 0 Å². The van der Waals surface area contributed by atoms with Crippen LogP contribution in [-0.4, -0.2) is 43.5 Å². The van der Waals surface area contributed by atoms with Crippen molar-refractivity contribution in [1.29, 1.82) is 0 Å². The molecule has 1 rings (SSSR count). The zero-order chi connectivity index (χ0) is 9.14. The van der Waals surface area contributed by atoms with Gasteiger partial charge in [0.2, 0.25) is 5.91 Å². The molecule has 1 fully saturated rings. The van der Waals surface area contributed by atoms with Crippen LogP contribution in [0.1, 0.15) is 12.8 Å². The number of nitrogens with two attached hydrogens (primary N) is 1. The topological polar surface area (TPSA) is 58.4 Å². The minimum Gasteiger partial charge on any atom is -0.368 e. The van der Waals surface area contributed by atoms with Crippen molar-refractivity contribution in [2.45, 2.75) is 24.9 Å². The van der Waals surface area contributed by atoms with Gasteiger partial charge in [-0.25, -0.2) is 0 Å². The SMILES string of the molecule is CN(C)C1CCCNC1C(N)=O. The summed E-state index contributed by atoms with van der Waals surface area (Å²) in [5, 5.41) is 3.13. The molecule has 1 aliphatic heterocycles. The lowest BCUT2D eigenvalue weighted by molar-refractivity contribution is -0.122. The molecule has 0 aromatic carbocycles. The number of likely N-dealkylation sites (N-methyl/N-ethyl adjacent to an activating group) is 1. The van der Waals surface area contributed by atoms with Crippen LogP contribution in [0.4, 0.5) is 0 Å². The Bertz CT molecular complexity index is 170. The molecule has 0 bridgehead atoms. The van der Waals surface area contributed by atoms with Crippen molar-refractivity contribution in [1.82, 2.24) is 10.2 Å². The van der Waals surface area contributed by atoms with E-state index in [1.54, 1.807) is 0 Å². The molecule has 0 aromatic heterocycles. The predicted molar refractivity (Wildman–Crippen MR) is 47.7 cm³/mol. The van der Waals surface area contributed by atoms with Gasteiger partial charge in [0.05, 0.1) is 0 Å². The Labute approximate surface area is 73.1 Å². The van der Waals surface area contributed by atoms with E-state index in [2.05, 4.69) is 10.2 Å². The molecule has 0 aliphatic carbocycles. The maximum atomic E-state index is 11.0. The highest BCUT2D eigenvalue weighted by Crippen LogP contribution is 2.12. The van der Waals surface area contributed by atoms with E-state index in [0.717, 1.165) is 19.4 Å². The van der Waals surface area contributed by atoms with E-state index in [9.17, 15) is 4.79 Å². The summed E-state index contributed by atoms with van der Waals surface area (Å²) in [5.74, 6) is -0.242. The van der Waals surface area contributed by atoms with Crippen LogP contribution in [0.15, 0.2) is 0 Å². The van der Waals surface area contributed by atoms with Gasteiger partial charge < -0.3 is 16.0 Å².